The third kappa shape index (κ3) is 4.33. The molecule has 2 aromatic rings. The van der Waals surface area contributed by atoms with E-state index in [0.29, 0.717) is 12.6 Å². The fraction of sp³-hybridized carbons (Fsp3) is 0.471. The van der Waals surface area contributed by atoms with Crippen LogP contribution in [0.5, 0.6) is 0 Å². The monoisotopic (exact) mass is 286 g/mol. The summed E-state index contributed by atoms with van der Waals surface area (Å²) < 4.78 is 2.01. The molecule has 0 atom stereocenters. The largest absolute Gasteiger partial charge is 0.366 e. The molecule has 0 saturated carbocycles. The Hall–Kier alpha value is -1.81. The molecule has 0 aliphatic rings. The molecule has 1 aromatic carbocycles. The van der Waals surface area contributed by atoms with Gasteiger partial charge in [0.15, 0.2) is 0 Å². The van der Waals surface area contributed by atoms with Gasteiger partial charge in [0.1, 0.15) is 0 Å². The van der Waals surface area contributed by atoms with Gasteiger partial charge in [0, 0.05) is 24.5 Å². The van der Waals surface area contributed by atoms with E-state index in [4.69, 9.17) is 5.73 Å². The quantitative estimate of drug-likeness (QED) is 0.850. The van der Waals surface area contributed by atoms with Crippen LogP contribution >= 0.6 is 0 Å². The van der Waals surface area contributed by atoms with E-state index in [2.05, 4.69) is 67.3 Å². The first-order valence-corrected chi connectivity index (χ1v) is 7.66. The summed E-state index contributed by atoms with van der Waals surface area (Å²) in [5.74, 6) is 0. The van der Waals surface area contributed by atoms with Crippen molar-refractivity contribution in [2.24, 2.45) is 5.73 Å². The fourth-order valence-electron chi connectivity index (χ4n) is 2.28. The lowest BCUT2D eigenvalue weighted by atomic mass is 10.2. The predicted octanol–water partition coefficient (Wildman–Crippen LogP) is 3.13. The molecule has 0 aliphatic heterocycles. The lowest BCUT2D eigenvalue weighted by molar-refractivity contribution is 0.525. The average Bonchev–Trinajstić information content (AvgIpc) is 2.93. The minimum Gasteiger partial charge on any atom is -0.366 e. The number of nitrogens with two attached hydrogens (primary N) is 1. The van der Waals surface area contributed by atoms with Gasteiger partial charge < -0.3 is 10.6 Å². The van der Waals surface area contributed by atoms with Crippen LogP contribution in [0.1, 0.15) is 37.6 Å². The maximum atomic E-state index is 5.67. The molecular formula is C17H26N4. The van der Waals surface area contributed by atoms with E-state index < -0.39 is 0 Å². The Balaban J connectivity index is 2.13. The van der Waals surface area contributed by atoms with Crippen molar-refractivity contribution >= 4 is 5.69 Å². The Morgan fingerprint density at radius 3 is 2.48 bits per heavy atom. The molecular weight excluding hydrogens is 260 g/mol. The summed E-state index contributed by atoms with van der Waals surface area (Å²) in [5.41, 5.74) is 9.28. The van der Waals surface area contributed by atoms with E-state index in [1.54, 1.807) is 0 Å². The van der Waals surface area contributed by atoms with Crippen LogP contribution in [0.25, 0.3) is 0 Å². The minimum atomic E-state index is 0.399. The second-order valence-corrected chi connectivity index (χ2v) is 5.78. The van der Waals surface area contributed by atoms with Crippen molar-refractivity contribution in [3.63, 3.8) is 0 Å². The molecule has 1 heterocycles. The van der Waals surface area contributed by atoms with Gasteiger partial charge in [-0.25, -0.2) is 0 Å². The molecule has 21 heavy (non-hydrogen) atoms. The fourth-order valence-corrected chi connectivity index (χ4v) is 2.28. The Labute approximate surface area is 127 Å². The van der Waals surface area contributed by atoms with Crippen LogP contribution in [-0.2, 0) is 6.54 Å². The lowest BCUT2D eigenvalue weighted by Gasteiger charge is -2.24. The number of aryl methyl sites for hydroxylation is 1. The zero-order valence-electron chi connectivity index (χ0n) is 13.3. The van der Waals surface area contributed by atoms with Crippen LogP contribution in [0.15, 0.2) is 36.5 Å². The third-order valence-corrected chi connectivity index (χ3v) is 3.58. The standard InChI is InChI=1S/C17H26N4/c1-14(2)21-12-9-16(19-21)13-20(11-4-10-18)17-7-5-15(3)6-8-17/h5-9,12,14H,4,10-11,13,18H2,1-3H3. The topological polar surface area (TPSA) is 47.1 Å². The van der Waals surface area contributed by atoms with Crippen LogP contribution < -0.4 is 10.6 Å². The Morgan fingerprint density at radius 2 is 1.90 bits per heavy atom. The molecule has 0 saturated heterocycles. The van der Waals surface area contributed by atoms with Crippen LogP contribution in [-0.4, -0.2) is 22.9 Å². The van der Waals surface area contributed by atoms with E-state index in [9.17, 15) is 0 Å². The summed E-state index contributed by atoms with van der Waals surface area (Å²) in [7, 11) is 0. The second kappa shape index (κ2) is 7.27. The first-order valence-electron chi connectivity index (χ1n) is 7.66. The molecule has 0 radical (unpaired) electrons. The van der Waals surface area contributed by atoms with Gasteiger partial charge in [-0.3, -0.25) is 4.68 Å². The van der Waals surface area contributed by atoms with Gasteiger partial charge in [0.25, 0.3) is 0 Å². The first-order chi connectivity index (χ1) is 10.1. The van der Waals surface area contributed by atoms with Gasteiger partial charge in [-0.05, 0) is 51.9 Å². The molecule has 0 fully saturated rings. The Bertz CT molecular complexity index is 542. The summed E-state index contributed by atoms with van der Waals surface area (Å²) in [5, 5.41) is 4.64. The number of aromatic nitrogens is 2. The van der Waals surface area contributed by atoms with Crippen molar-refractivity contribution in [2.75, 3.05) is 18.0 Å². The zero-order valence-corrected chi connectivity index (χ0v) is 13.3. The van der Waals surface area contributed by atoms with E-state index in [-0.39, 0.29) is 0 Å². The molecule has 0 unspecified atom stereocenters. The van der Waals surface area contributed by atoms with Crippen molar-refractivity contribution in [1.29, 1.82) is 0 Å². The van der Waals surface area contributed by atoms with Gasteiger partial charge >= 0.3 is 0 Å². The number of nitrogens with zero attached hydrogens (tertiary/aromatic N) is 3. The number of rotatable bonds is 7. The van der Waals surface area contributed by atoms with E-state index in [0.717, 1.165) is 25.2 Å². The van der Waals surface area contributed by atoms with Crippen molar-refractivity contribution in [1.82, 2.24) is 9.78 Å². The SMILES string of the molecule is Cc1ccc(N(CCCN)Cc2ccn(C(C)C)n2)cc1. The summed E-state index contributed by atoms with van der Waals surface area (Å²) in [6.45, 7) is 8.88. The van der Waals surface area contributed by atoms with Crippen molar-refractivity contribution < 1.29 is 0 Å². The zero-order chi connectivity index (χ0) is 15.2. The number of hydrogen-bond donors (Lipinski definition) is 1. The lowest BCUT2D eigenvalue weighted by Crippen LogP contribution is -2.26. The highest BCUT2D eigenvalue weighted by Crippen LogP contribution is 2.18. The van der Waals surface area contributed by atoms with Crippen molar-refractivity contribution in [3.05, 3.63) is 47.8 Å². The highest BCUT2D eigenvalue weighted by Gasteiger charge is 2.10. The predicted molar refractivity (Wildman–Crippen MR) is 88.5 cm³/mol. The number of anilines is 1. The molecule has 114 valence electrons. The highest BCUT2D eigenvalue weighted by atomic mass is 15.3. The molecule has 4 heteroatoms. The molecule has 0 amide bonds. The summed E-state index contributed by atoms with van der Waals surface area (Å²) in [6.07, 6.45) is 3.04. The smallest absolute Gasteiger partial charge is 0.0817 e. The van der Waals surface area contributed by atoms with Crippen LogP contribution in [0, 0.1) is 6.92 Å². The third-order valence-electron chi connectivity index (χ3n) is 3.58. The Morgan fingerprint density at radius 1 is 1.19 bits per heavy atom. The molecule has 0 bridgehead atoms. The maximum absolute atomic E-state index is 5.67. The highest BCUT2D eigenvalue weighted by molar-refractivity contribution is 5.47. The van der Waals surface area contributed by atoms with Crippen molar-refractivity contribution in [3.8, 4) is 0 Å². The van der Waals surface area contributed by atoms with Gasteiger partial charge in [-0.1, -0.05) is 17.7 Å². The van der Waals surface area contributed by atoms with Crippen LogP contribution in [0.2, 0.25) is 0 Å². The maximum Gasteiger partial charge on any atom is 0.0817 e. The van der Waals surface area contributed by atoms with Crippen LogP contribution in [0.3, 0.4) is 0 Å². The Kier molecular flexibility index (Phi) is 5.39. The van der Waals surface area contributed by atoms with E-state index in [1.807, 2.05) is 4.68 Å². The molecule has 0 spiro atoms. The minimum absolute atomic E-state index is 0.399. The van der Waals surface area contributed by atoms with Gasteiger partial charge in [-0.15, -0.1) is 0 Å². The van der Waals surface area contributed by atoms with E-state index >= 15 is 0 Å². The average molecular weight is 286 g/mol. The first kappa shape index (κ1) is 15.6. The second-order valence-electron chi connectivity index (χ2n) is 5.78. The van der Waals surface area contributed by atoms with Crippen molar-refractivity contribution in [2.45, 2.75) is 39.8 Å². The molecule has 2 rings (SSSR count). The molecule has 0 aliphatic carbocycles. The number of benzene rings is 1. The van der Waals surface area contributed by atoms with Gasteiger partial charge in [0.05, 0.1) is 12.2 Å². The molecule has 4 nitrogen and oxygen atoms in total. The normalized spacial score (nSPS) is 11.1. The van der Waals surface area contributed by atoms with Gasteiger partial charge in [0.2, 0.25) is 0 Å². The summed E-state index contributed by atoms with van der Waals surface area (Å²) in [6, 6.07) is 11.1. The van der Waals surface area contributed by atoms with E-state index in [1.165, 1.54) is 11.3 Å². The summed E-state index contributed by atoms with van der Waals surface area (Å²) >= 11 is 0. The van der Waals surface area contributed by atoms with Crippen LogP contribution in [0.4, 0.5) is 5.69 Å². The summed E-state index contributed by atoms with van der Waals surface area (Å²) in [4.78, 5) is 2.35. The van der Waals surface area contributed by atoms with Gasteiger partial charge in [-0.2, -0.15) is 5.10 Å². The molecule has 2 N–H and O–H groups in total. The molecule has 1 aromatic heterocycles. The number of hydrogen-bond acceptors (Lipinski definition) is 3.